The monoisotopic (exact) mass is 785 g/mol. The maximum atomic E-state index is 12.7. The smallest absolute Gasteiger partial charge is 0.306 e. The predicted octanol–water partition coefficient (Wildman–Crippen LogP) is 14.0. The standard InChI is InChI=1S/C51H76O6/c1-4-7-10-13-16-19-22-24-25-27-29-32-35-38-41-44-50(53)56-47-48(46-55-49(52)43-40-37-34-31-28-21-18-15-12-9-6-3)57-51(54)45-42-39-36-33-30-26-23-20-17-14-11-8-5-2/h7-8,10-11,13-26,28,30,33,36,48H,4-6,9,12,27,29,31-32,34-35,37-47H2,1-3H3/b10-7-,11-8-,16-13-,17-14-,18-15-,22-19-,23-20-,25-24-,28-21-,30-26-,36-33-. The second-order valence-corrected chi connectivity index (χ2v) is 13.7. The summed E-state index contributed by atoms with van der Waals surface area (Å²) in [5, 5.41) is 0. The molecule has 57 heavy (non-hydrogen) atoms. The first kappa shape index (κ1) is 52.6. The Morgan fingerprint density at radius 3 is 1.16 bits per heavy atom. The lowest BCUT2D eigenvalue weighted by Crippen LogP contribution is -2.30. The van der Waals surface area contributed by atoms with E-state index >= 15 is 0 Å². The van der Waals surface area contributed by atoms with Crippen molar-refractivity contribution in [2.24, 2.45) is 0 Å². The van der Waals surface area contributed by atoms with Gasteiger partial charge in [-0.15, -0.1) is 0 Å². The summed E-state index contributed by atoms with van der Waals surface area (Å²) in [6, 6.07) is 0. The number of esters is 3. The van der Waals surface area contributed by atoms with E-state index in [1.54, 1.807) is 0 Å². The summed E-state index contributed by atoms with van der Waals surface area (Å²) in [6.45, 7) is 6.14. The fourth-order valence-electron chi connectivity index (χ4n) is 5.10. The maximum Gasteiger partial charge on any atom is 0.306 e. The molecule has 0 fully saturated rings. The second kappa shape index (κ2) is 44.3. The van der Waals surface area contributed by atoms with Gasteiger partial charge in [0, 0.05) is 19.3 Å². The Kier molecular flexibility index (Phi) is 40.8. The molecule has 0 spiro atoms. The molecule has 0 aliphatic heterocycles. The minimum absolute atomic E-state index is 0.134. The van der Waals surface area contributed by atoms with Gasteiger partial charge in [-0.05, 0) is 70.6 Å². The van der Waals surface area contributed by atoms with Crippen LogP contribution in [0.1, 0.15) is 149 Å². The van der Waals surface area contributed by atoms with Crippen LogP contribution in [0, 0.1) is 0 Å². The van der Waals surface area contributed by atoms with Crippen LogP contribution in [0.4, 0.5) is 0 Å². The average Bonchev–Trinajstić information content (AvgIpc) is 3.21. The molecule has 1 atom stereocenters. The zero-order chi connectivity index (χ0) is 41.5. The van der Waals surface area contributed by atoms with Gasteiger partial charge in [-0.1, -0.05) is 193 Å². The molecule has 0 aromatic carbocycles. The molecule has 0 bridgehead atoms. The summed E-state index contributed by atoms with van der Waals surface area (Å²) in [7, 11) is 0. The van der Waals surface area contributed by atoms with E-state index in [0.29, 0.717) is 25.7 Å². The van der Waals surface area contributed by atoms with E-state index < -0.39 is 12.1 Å². The zero-order valence-corrected chi connectivity index (χ0v) is 35.8. The molecule has 1 unspecified atom stereocenters. The van der Waals surface area contributed by atoms with Crippen molar-refractivity contribution in [1.29, 1.82) is 0 Å². The fraction of sp³-hybridized carbons (Fsp3) is 0.510. The van der Waals surface area contributed by atoms with Crippen molar-refractivity contribution >= 4 is 17.9 Å². The summed E-state index contributed by atoms with van der Waals surface area (Å²) < 4.78 is 16.6. The van der Waals surface area contributed by atoms with E-state index in [2.05, 4.69) is 75.5 Å². The number of allylic oxidation sites excluding steroid dienone is 22. The molecule has 0 radical (unpaired) electrons. The molecule has 316 valence electrons. The van der Waals surface area contributed by atoms with Crippen molar-refractivity contribution in [2.45, 2.75) is 155 Å². The number of hydrogen-bond acceptors (Lipinski definition) is 6. The molecule has 6 nitrogen and oxygen atoms in total. The molecule has 6 heteroatoms. The van der Waals surface area contributed by atoms with Gasteiger partial charge in [0.2, 0.25) is 0 Å². The first-order valence-electron chi connectivity index (χ1n) is 21.8. The highest BCUT2D eigenvalue weighted by molar-refractivity contribution is 5.71. The number of ether oxygens (including phenoxy) is 3. The van der Waals surface area contributed by atoms with Crippen LogP contribution in [0.15, 0.2) is 134 Å². The van der Waals surface area contributed by atoms with Gasteiger partial charge in [0.15, 0.2) is 6.10 Å². The SMILES string of the molecule is CC\C=C/C=C\C=C/C=C\C=C/CCCC(=O)OC(COC(=O)CCCCC/C=C\C=C/CCCC)COC(=O)CCCCCCC\C=C/C=C\C=C/C=C\CC. The highest BCUT2D eigenvalue weighted by Crippen LogP contribution is 2.11. The number of hydrogen-bond donors (Lipinski definition) is 0. The van der Waals surface area contributed by atoms with Gasteiger partial charge in [0.25, 0.3) is 0 Å². The van der Waals surface area contributed by atoms with Gasteiger partial charge < -0.3 is 14.2 Å². The zero-order valence-electron chi connectivity index (χ0n) is 35.8. The largest absolute Gasteiger partial charge is 0.462 e. The summed E-state index contributed by atoms with van der Waals surface area (Å²) in [6.07, 6.45) is 61.5. The van der Waals surface area contributed by atoms with Gasteiger partial charge in [-0.25, -0.2) is 0 Å². The summed E-state index contributed by atoms with van der Waals surface area (Å²) in [5.74, 6) is -1.08. The molecule has 0 aliphatic carbocycles. The van der Waals surface area contributed by atoms with E-state index in [1.165, 1.54) is 12.8 Å². The van der Waals surface area contributed by atoms with Crippen molar-refractivity contribution in [3.63, 3.8) is 0 Å². The van der Waals surface area contributed by atoms with E-state index in [1.807, 2.05) is 79.0 Å². The Morgan fingerprint density at radius 1 is 0.368 bits per heavy atom. The lowest BCUT2D eigenvalue weighted by Gasteiger charge is -2.18. The minimum atomic E-state index is -0.838. The second-order valence-electron chi connectivity index (χ2n) is 13.7. The van der Waals surface area contributed by atoms with Crippen LogP contribution < -0.4 is 0 Å². The third-order valence-electron chi connectivity index (χ3n) is 8.37. The highest BCUT2D eigenvalue weighted by atomic mass is 16.6. The Bertz CT molecular complexity index is 1320. The van der Waals surface area contributed by atoms with Gasteiger partial charge in [-0.2, -0.15) is 0 Å². The maximum absolute atomic E-state index is 12.7. The first-order chi connectivity index (χ1) is 28.0. The van der Waals surface area contributed by atoms with Crippen LogP contribution in [0.2, 0.25) is 0 Å². The minimum Gasteiger partial charge on any atom is -0.462 e. The van der Waals surface area contributed by atoms with E-state index in [0.717, 1.165) is 83.5 Å². The Balaban J connectivity index is 4.62. The van der Waals surface area contributed by atoms with Crippen molar-refractivity contribution in [1.82, 2.24) is 0 Å². The van der Waals surface area contributed by atoms with Crippen molar-refractivity contribution < 1.29 is 28.6 Å². The van der Waals surface area contributed by atoms with Crippen LogP contribution in [0.25, 0.3) is 0 Å². The van der Waals surface area contributed by atoms with Gasteiger partial charge in [0.1, 0.15) is 13.2 Å². The Hall–Kier alpha value is -4.45. The molecule has 0 saturated carbocycles. The Labute approximate surface area is 347 Å². The lowest BCUT2D eigenvalue weighted by atomic mass is 10.1. The number of rotatable bonds is 36. The number of unbranched alkanes of at least 4 members (excludes halogenated alkanes) is 11. The number of carbonyl (C=O) groups is 3. The molecule has 0 aromatic rings. The normalized spacial score (nSPS) is 13.4. The van der Waals surface area contributed by atoms with E-state index in [4.69, 9.17) is 14.2 Å². The molecule has 0 aliphatic rings. The molecule has 0 amide bonds. The van der Waals surface area contributed by atoms with Crippen molar-refractivity contribution in [3.05, 3.63) is 134 Å². The van der Waals surface area contributed by atoms with Crippen molar-refractivity contribution in [2.75, 3.05) is 13.2 Å². The van der Waals surface area contributed by atoms with Crippen LogP contribution in [-0.2, 0) is 28.6 Å². The van der Waals surface area contributed by atoms with Crippen LogP contribution >= 0.6 is 0 Å². The highest BCUT2D eigenvalue weighted by Gasteiger charge is 2.19. The molecular formula is C51H76O6. The van der Waals surface area contributed by atoms with Crippen LogP contribution in [0.5, 0.6) is 0 Å². The molecule has 0 aromatic heterocycles. The van der Waals surface area contributed by atoms with Crippen molar-refractivity contribution in [3.8, 4) is 0 Å². The summed E-state index contributed by atoms with van der Waals surface area (Å²) >= 11 is 0. The topological polar surface area (TPSA) is 78.9 Å². The summed E-state index contributed by atoms with van der Waals surface area (Å²) in [5.41, 5.74) is 0. The fourth-order valence-corrected chi connectivity index (χ4v) is 5.10. The Morgan fingerprint density at radius 2 is 0.702 bits per heavy atom. The van der Waals surface area contributed by atoms with Crippen LogP contribution in [-0.4, -0.2) is 37.2 Å². The summed E-state index contributed by atoms with van der Waals surface area (Å²) in [4.78, 5) is 37.7. The van der Waals surface area contributed by atoms with E-state index in [9.17, 15) is 14.4 Å². The third-order valence-corrected chi connectivity index (χ3v) is 8.37. The first-order valence-corrected chi connectivity index (χ1v) is 21.8. The molecule has 0 heterocycles. The molecule has 0 rings (SSSR count). The van der Waals surface area contributed by atoms with E-state index in [-0.39, 0.29) is 31.6 Å². The predicted molar refractivity (Wildman–Crippen MR) is 242 cm³/mol. The van der Waals surface area contributed by atoms with Gasteiger partial charge in [0.05, 0.1) is 0 Å². The molecular weight excluding hydrogens is 709 g/mol. The lowest BCUT2D eigenvalue weighted by molar-refractivity contribution is -0.167. The number of carbonyl (C=O) groups excluding carboxylic acids is 3. The molecule has 0 saturated heterocycles. The third kappa shape index (κ3) is 42.5. The quantitative estimate of drug-likeness (QED) is 0.0272. The molecule has 0 N–H and O–H groups in total. The van der Waals surface area contributed by atoms with Gasteiger partial charge in [-0.3, -0.25) is 14.4 Å². The average molecular weight is 785 g/mol. The van der Waals surface area contributed by atoms with Crippen LogP contribution in [0.3, 0.4) is 0 Å². The van der Waals surface area contributed by atoms with Gasteiger partial charge >= 0.3 is 17.9 Å².